The maximum absolute atomic E-state index is 9.73. The highest BCUT2D eigenvalue weighted by molar-refractivity contribution is 5.63. The van der Waals surface area contributed by atoms with Crippen molar-refractivity contribution in [2.75, 3.05) is 0 Å². The lowest BCUT2D eigenvalue weighted by atomic mass is 9.86. The molecular weight excluding hydrogens is 208 g/mol. The summed E-state index contributed by atoms with van der Waals surface area (Å²) in [6.07, 6.45) is 0.353. The number of phenols is 4. The van der Waals surface area contributed by atoms with E-state index in [1.807, 2.05) is 20.8 Å². The van der Waals surface area contributed by atoms with Crippen molar-refractivity contribution in [2.45, 2.75) is 34.1 Å². The Kier molecular flexibility index (Phi) is 2.95. The molecule has 4 N–H and O–H groups in total. The molecule has 0 radical (unpaired) electrons. The molecule has 0 aliphatic heterocycles. The molecule has 0 amide bonds. The number of rotatable bonds is 1. The van der Waals surface area contributed by atoms with Crippen molar-refractivity contribution in [3.63, 3.8) is 0 Å². The van der Waals surface area contributed by atoms with Crippen LogP contribution in [0.5, 0.6) is 23.0 Å². The van der Waals surface area contributed by atoms with E-state index >= 15 is 0 Å². The highest BCUT2D eigenvalue weighted by atomic mass is 16.3. The van der Waals surface area contributed by atoms with Crippen LogP contribution >= 0.6 is 0 Å². The predicted octanol–water partition coefficient (Wildman–Crippen LogP) is 2.41. The van der Waals surface area contributed by atoms with Gasteiger partial charge in [0.15, 0.2) is 23.0 Å². The van der Waals surface area contributed by atoms with E-state index in [1.54, 1.807) is 0 Å². The molecule has 0 fully saturated rings. The SMILES string of the molecule is Cc1c(O)c(O)c(CC(C)(C)C)c(O)c1O. The maximum Gasteiger partial charge on any atom is 0.165 e. The smallest absolute Gasteiger partial charge is 0.165 e. The summed E-state index contributed by atoms with van der Waals surface area (Å²) in [5, 5.41) is 38.6. The summed E-state index contributed by atoms with van der Waals surface area (Å²) in [7, 11) is 0. The minimum absolute atomic E-state index is 0.0765. The van der Waals surface area contributed by atoms with Crippen LogP contribution in [0.3, 0.4) is 0 Å². The molecule has 0 aliphatic carbocycles. The fraction of sp³-hybridized carbons (Fsp3) is 0.500. The first-order chi connectivity index (χ1) is 7.15. The Morgan fingerprint density at radius 2 is 1.19 bits per heavy atom. The number of benzene rings is 1. The van der Waals surface area contributed by atoms with Gasteiger partial charge in [-0.2, -0.15) is 0 Å². The molecule has 90 valence electrons. The molecule has 4 nitrogen and oxygen atoms in total. The Bertz CT molecular complexity index is 387. The summed E-state index contributed by atoms with van der Waals surface area (Å²) < 4.78 is 0. The molecule has 0 unspecified atom stereocenters. The van der Waals surface area contributed by atoms with Gasteiger partial charge in [0.2, 0.25) is 0 Å². The van der Waals surface area contributed by atoms with Gasteiger partial charge in [-0.1, -0.05) is 20.8 Å². The van der Waals surface area contributed by atoms with Crippen LogP contribution in [0.4, 0.5) is 0 Å². The largest absolute Gasteiger partial charge is 0.504 e. The van der Waals surface area contributed by atoms with Gasteiger partial charge in [-0.05, 0) is 18.8 Å². The summed E-state index contributed by atoms with van der Waals surface area (Å²) >= 11 is 0. The lowest BCUT2D eigenvalue weighted by Gasteiger charge is -2.21. The first-order valence-electron chi connectivity index (χ1n) is 5.10. The van der Waals surface area contributed by atoms with Crippen LogP contribution in [0.15, 0.2) is 0 Å². The molecule has 0 aromatic heterocycles. The van der Waals surface area contributed by atoms with Gasteiger partial charge in [-0.15, -0.1) is 0 Å². The molecule has 0 saturated heterocycles. The molecule has 0 bridgehead atoms. The van der Waals surface area contributed by atoms with Crippen molar-refractivity contribution in [3.05, 3.63) is 11.1 Å². The molecule has 0 saturated carbocycles. The third-order valence-electron chi connectivity index (χ3n) is 2.44. The van der Waals surface area contributed by atoms with Crippen LogP contribution in [-0.2, 0) is 6.42 Å². The van der Waals surface area contributed by atoms with Crippen LogP contribution in [0, 0.1) is 12.3 Å². The lowest BCUT2D eigenvalue weighted by molar-refractivity contribution is 0.341. The minimum Gasteiger partial charge on any atom is -0.504 e. The van der Waals surface area contributed by atoms with Gasteiger partial charge in [0.1, 0.15) is 0 Å². The number of aromatic hydroxyl groups is 4. The quantitative estimate of drug-likeness (QED) is 0.438. The second-order valence-corrected chi connectivity index (χ2v) is 5.24. The van der Waals surface area contributed by atoms with E-state index in [9.17, 15) is 20.4 Å². The topological polar surface area (TPSA) is 80.9 Å². The first-order valence-corrected chi connectivity index (χ1v) is 5.10. The van der Waals surface area contributed by atoms with Crippen molar-refractivity contribution >= 4 is 0 Å². The second kappa shape index (κ2) is 3.77. The van der Waals surface area contributed by atoms with Crippen molar-refractivity contribution in [2.24, 2.45) is 5.41 Å². The van der Waals surface area contributed by atoms with Gasteiger partial charge in [0, 0.05) is 11.1 Å². The predicted molar refractivity (Wildman–Crippen MR) is 61.0 cm³/mol. The van der Waals surface area contributed by atoms with Gasteiger partial charge in [-0.25, -0.2) is 0 Å². The first kappa shape index (κ1) is 12.5. The maximum atomic E-state index is 9.73. The number of hydrogen-bond acceptors (Lipinski definition) is 4. The standard InChI is InChI=1S/C12H18O4/c1-6-8(13)10(15)7(5-12(2,3)4)11(16)9(6)14/h13-16H,5H2,1-4H3. The average molecular weight is 226 g/mol. The molecule has 0 heterocycles. The van der Waals surface area contributed by atoms with E-state index in [-0.39, 0.29) is 39.5 Å². The summed E-state index contributed by atoms with van der Waals surface area (Å²) in [4.78, 5) is 0. The third-order valence-corrected chi connectivity index (χ3v) is 2.44. The van der Waals surface area contributed by atoms with Gasteiger partial charge in [0.05, 0.1) is 0 Å². The summed E-state index contributed by atoms with van der Waals surface area (Å²) in [6.45, 7) is 7.21. The Labute approximate surface area is 94.8 Å². The van der Waals surface area contributed by atoms with Crippen LogP contribution in [-0.4, -0.2) is 20.4 Å². The highest BCUT2D eigenvalue weighted by Gasteiger charge is 2.24. The zero-order valence-electron chi connectivity index (χ0n) is 10.00. The summed E-state index contributed by atoms with van der Waals surface area (Å²) in [5.41, 5.74) is 0.0732. The Morgan fingerprint density at radius 3 is 1.50 bits per heavy atom. The minimum atomic E-state index is -0.380. The lowest BCUT2D eigenvalue weighted by Crippen LogP contribution is -2.09. The molecular formula is C12H18O4. The van der Waals surface area contributed by atoms with Crippen molar-refractivity contribution < 1.29 is 20.4 Å². The van der Waals surface area contributed by atoms with Crippen molar-refractivity contribution in [1.29, 1.82) is 0 Å². The zero-order chi connectivity index (χ0) is 12.7. The molecule has 16 heavy (non-hydrogen) atoms. The molecule has 0 aliphatic rings. The van der Waals surface area contributed by atoms with E-state index in [4.69, 9.17) is 0 Å². The van der Waals surface area contributed by atoms with E-state index in [0.29, 0.717) is 6.42 Å². The molecule has 0 atom stereocenters. The summed E-state index contributed by atoms with van der Waals surface area (Å²) in [5.74, 6) is -1.48. The molecule has 4 heteroatoms. The van der Waals surface area contributed by atoms with Gasteiger partial charge < -0.3 is 20.4 Å². The van der Waals surface area contributed by atoms with E-state index in [1.165, 1.54) is 6.92 Å². The summed E-state index contributed by atoms with van der Waals surface area (Å²) in [6, 6.07) is 0. The Balaban J connectivity index is 3.40. The van der Waals surface area contributed by atoms with Crippen LogP contribution in [0.2, 0.25) is 0 Å². The van der Waals surface area contributed by atoms with Crippen LogP contribution in [0.25, 0.3) is 0 Å². The number of phenolic OH excluding ortho intramolecular Hbond substituents is 4. The van der Waals surface area contributed by atoms with E-state index in [0.717, 1.165) is 0 Å². The van der Waals surface area contributed by atoms with Crippen LogP contribution < -0.4 is 0 Å². The monoisotopic (exact) mass is 226 g/mol. The van der Waals surface area contributed by atoms with Crippen molar-refractivity contribution in [1.82, 2.24) is 0 Å². The Morgan fingerprint density at radius 1 is 0.812 bits per heavy atom. The van der Waals surface area contributed by atoms with Crippen molar-refractivity contribution in [3.8, 4) is 23.0 Å². The fourth-order valence-electron chi connectivity index (χ4n) is 1.56. The van der Waals surface area contributed by atoms with E-state index in [2.05, 4.69) is 0 Å². The third kappa shape index (κ3) is 2.15. The average Bonchev–Trinajstić information content (AvgIpc) is 2.17. The van der Waals surface area contributed by atoms with Crippen LogP contribution in [0.1, 0.15) is 31.9 Å². The van der Waals surface area contributed by atoms with Gasteiger partial charge in [0.25, 0.3) is 0 Å². The zero-order valence-corrected chi connectivity index (χ0v) is 10.00. The second-order valence-electron chi connectivity index (χ2n) is 5.24. The highest BCUT2D eigenvalue weighted by Crippen LogP contribution is 2.47. The molecule has 1 rings (SSSR count). The molecule has 1 aromatic carbocycles. The molecule has 1 aromatic rings. The van der Waals surface area contributed by atoms with Gasteiger partial charge >= 0.3 is 0 Å². The van der Waals surface area contributed by atoms with E-state index < -0.39 is 0 Å². The number of hydrogen-bond donors (Lipinski definition) is 4. The normalized spacial score (nSPS) is 11.8. The van der Waals surface area contributed by atoms with Gasteiger partial charge in [-0.3, -0.25) is 0 Å². The fourth-order valence-corrected chi connectivity index (χ4v) is 1.56. The Hall–Kier alpha value is -1.58. The molecule has 0 spiro atoms.